The van der Waals surface area contributed by atoms with Crippen LogP contribution in [-0.2, 0) is 0 Å². The molecular weight excluding hydrogens is 246 g/mol. The number of hydrazine groups is 1. The second-order valence-corrected chi connectivity index (χ2v) is 4.66. The summed E-state index contributed by atoms with van der Waals surface area (Å²) < 4.78 is 3.87. The number of benzene rings is 1. The molecule has 1 unspecified atom stereocenters. The number of rotatable bonds is 3. The summed E-state index contributed by atoms with van der Waals surface area (Å²) in [6.45, 7) is 0. The van der Waals surface area contributed by atoms with Crippen molar-refractivity contribution >= 4 is 22.4 Å². The zero-order valence-electron chi connectivity index (χ0n) is 9.45. The van der Waals surface area contributed by atoms with Gasteiger partial charge in [0.05, 0.1) is 22.6 Å². The molecule has 0 aliphatic rings. The molecule has 5 nitrogen and oxygen atoms in total. The molecule has 1 aromatic carbocycles. The maximum absolute atomic E-state index is 5.66. The lowest BCUT2D eigenvalue weighted by Gasteiger charge is -2.15. The number of para-hydroxylation sites is 1. The van der Waals surface area contributed by atoms with E-state index in [1.54, 1.807) is 12.4 Å². The number of hydrogen-bond acceptors (Lipinski definition) is 6. The van der Waals surface area contributed by atoms with Crippen LogP contribution < -0.4 is 11.3 Å². The van der Waals surface area contributed by atoms with Crippen LogP contribution in [0.1, 0.15) is 16.5 Å². The number of pyridine rings is 1. The van der Waals surface area contributed by atoms with Gasteiger partial charge in [-0.25, -0.2) is 5.43 Å². The fourth-order valence-electron chi connectivity index (χ4n) is 1.99. The Bertz CT molecular complexity index is 647. The van der Waals surface area contributed by atoms with E-state index in [4.69, 9.17) is 5.84 Å². The summed E-state index contributed by atoms with van der Waals surface area (Å²) in [7, 11) is 0. The summed E-state index contributed by atoms with van der Waals surface area (Å²) in [5.41, 5.74) is 4.77. The predicted octanol–water partition coefficient (Wildman–Crippen LogP) is 1.64. The van der Waals surface area contributed by atoms with Gasteiger partial charge in [0.25, 0.3) is 0 Å². The lowest BCUT2D eigenvalue weighted by atomic mass is 10.0. The molecule has 0 aliphatic carbocycles. The Morgan fingerprint density at radius 3 is 2.89 bits per heavy atom. The van der Waals surface area contributed by atoms with E-state index < -0.39 is 0 Å². The van der Waals surface area contributed by atoms with E-state index in [-0.39, 0.29) is 6.04 Å². The molecule has 0 fully saturated rings. The van der Waals surface area contributed by atoms with Crippen LogP contribution in [0.3, 0.4) is 0 Å². The summed E-state index contributed by atoms with van der Waals surface area (Å²) in [6, 6.07) is 9.86. The fraction of sp³-hybridized carbons (Fsp3) is 0.0833. The number of nitrogens with two attached hydrogens (primary N) is 1. The zero-order chi connectivity index (χ0) is 12.4. The smallest absolute Gasteiger partial charge is 0.0855 e. The van der Waals surface area contributed by atoms with Gasteiger partial charge >= 0.3 is 0 Å². The summed E-state index contributed by atoms with van der Waals surface area (Å²) in [6.07, 6.45) is 3.50. The van der Waals surface area contributed by atoms with Crippen molar-refractivity contribution in [1.82, 2.24) is 20.0 Å². The Balaban J connectivity index is 2.18. The molecule has 0 bridgehead atoms. The average molecular weight is 257 g/mol. The molecule has 3 rings (SSSR count). The molecular formula is C12H11N5S. The number of fused-ring (bicyclic) bond motifs is 1. The first-order chi connectivity index (χ1) is 8.90. The standard InChI is InChI=1S/C12H11N5S/c13-16-12(10-7-15-17-18-10)9-5-1-3-8-4-2-6-14-11(8)9/h1-7,12,16H,13H2. The third-order valence-electron chi connectivity index (χ3n) is 2.80. The molecule has 90 valence electrons. The second kappa shape index (κ2) is 4.77. The van der Waals surface area contributed by atoms with Gasteiger partial charge in [0.1, 0.15) is 0 Å². The molecule has 0 amide bonds. The first kappa shape index (κ1) is 11.2. The number of nitrogens with one attached hydrogen (secondary N) is 1. The van der Waals surface area contributed by atoms with E-state index in [9.17, 15) is 0 Å². The molecule has 2 heterocycles. The van der Waals surface area contributed by atoms with Crippen molar-refractivity contribution in [3.8, 4) is 0 Å². The predicted molar refractivity (Wildman–Crippen MR) is 70.8 cm³/mol. The Kier molecular flexibility index (Phi) is 2.97. The highest BCUT2D eigenvalue weighted by molar-refractivity contribution is 7.05. The molecule has 0 radical (unpaired) electrons. The van der Waals surface area contributed by atoms with E-state index in [0.717, 1.165) is 21.3 Å². The fourth-order valence-corrected chi connectivity index (χ4v) is 2.57. The lowest BCUT2D eigenvalue weighted by Crippen LogP contribution is -2.28. The minimum Gasteiger partial charge on any atom is -0.271 e. The van der Waals surface area contributed by atoms with Crippen molar-refractivity contribution in [1.29, 1.82) is 0 Å². The van der Waals surface area contributed by atoms with Crippen LogP contribution in [0.15, 0.2) is 42.7 Å². The normalized spacial score (nSPS) is 12.7. The van der Waals surface area contributed by atoms with Gasteiger partial charge in [0.15, 0.2) is 0 Å². The molecule has 0 saturated heterocycles. The molecule has 3 aromatic rings. The Hall–Kier alpha value is -1.89. The highest BCUT2D eigenvalue weighted by Crippen LogP contribution is 2.28. The Morgan fingerprint density at radius 2 is 2.11 bits per heavy atom. The molecule has 18 heavy (non-hydrogen) atoms. The van der Waals surface area contributed by atoms with Crippen LogP contribution in [0.2, 0.25) is 0 Å². The quantitative estimate of drug-likeness (QED) is 0.551. The van der Waals surface area contributed by atoms with Gasteiger partial charge in [-0.05, 0) is 17.6 Å². The average Bonchev–Trinajstić information content (AvgIpc) is 2.94. The molecule has 3 N–H and O–H groups in total. The van der Waals surface area contributed by atoms with E-state index in [0.29, 0.717) is 0 Å². The highest BCUT2D eigenvalue weighted by atomic mass is 32.1. The Morgan fingerprint density at radius 1 is 1.22 bits per heavy atom. The number of hydrogen-bond donors (Lipinski definition) is 2. The van der Waals surface area contributed by atoms with E-state index >= 15 is 0 Å². The van der Waals surface area contributed by atoms with Gasteiger partial charge in [-0.3, -0.25) is 10.8 Å². The van der Waals surface area contributed by atoms with Crippen molar-refractivity contribution in [2.24, 2.45) is 5.84 Å². The van der Waals surface area contributed by atoms with Crippen molar-refractivity contribution in [3.05, 3.63) is 53.2 Å². The van der Waals surface area contributed by atoms with Crippen LogP contribution in [-0.4, -0.2) is 14.6 Å². The van der Waals surface area contributed by atoms with Crippen LogP contribution >= 0.6 is 11.5 Å². The van der Waals surface area contributed by atoms with Gasteiger partial charge < -0.3 is 0 Å². The Labute approximate surface area is 108 Å². The maximum Gasteiger partial charge on any atom is 0.0855 e. The van der Waals surface area contributed by atoms with Crippen LogP contribution in [0, 0.1) is 0 Å². The molecule has 6 heteroatoms. The van der Waals surface area contributed by atoms with Crippen LogP contribution in [0.25, 0.3) is 10.9 Å². The number of aromatic nitrogens is 3. The molecule has 0 aliphatic heterocycles. The summed E-state index contributed by atoms with van der Waals surface area (Å²) in [5, 5.41) is 4.94. The highest BCUT2D eigenvalue weighted by Gasteiger charge is 2.17. The monoisotopic (exact) mass is 257 g/mol. The topological polar surface area (TPSA) is 76.7 Å². The van der Waals surface area contributed by atoms with Gasteiger partial charge in [0, 0.05) is 17.1 Å². The van der Waals surface area contributed by atoms with Gasteiger partial charge in [0.2, 0.25) is 0 Å². The third kappa shape index (κ3) is 1.86. The molecule has 1 atom stereocenters. The lowest BCUT2D eigenvalue weighted by molar-refractivity contribution is 0.648. The first-order valence-corrected chi connectivity index (χ1v) is 6.24. The first-order valence-electron chi connectivity index (χ1n) is 5.47. The van der Waals surface area contributed by atoms with Crippen LogP contribution in [0.5, 0.6) is 0 Å². The second-order valence-electron chi connectivity index (χ2n) is 3.84. The summed E-state index contributed by atoms with van der Waals surface area (Å²) >= 11 is 1.33. The van der Waals surface area contributed by atoms with Crippen molar-refractivity contribution < 1.29 is 0 Å². The maximum atomic E-state index is 5.66. The third-order valence-corrected chi connectivity index (χ3v) is 3.53. The summed E-state index contributed by atoms with van der Waals surface area (Å²) in [5.74, 6) is 5.66. The van der Waals surface area contributed by atoms with Gasteiger partial charge in [-0.1, -0.05) is 28.8 Å². The van der Waals surface area contributed by atoms with Crippen LogP contribution in [0.4, 0.5) is 0 Å². The van der Waals surface area contributed by atoms with Crippen molar-refractivity contribution in [3.63, 3.8) is 0 Å². The SMILES string of the molecule is NNC(c1cnns1)c1cccc2cccnc12. The molecule has 2 aromatic heterocycles. The zero-order valence-corrected chi connectivity index (χ0v) is 10.3. The number of nitrogens with zero attached hydrogens (tertiary/aromatic N) is 3. The van der Waals surface area contributed by atoms with E-state index in [1.807, 2.05) is 30.3 Å². The van der Waals surface area contributed by atoms with Gasteiger partial charge in [-0.2, -0.15) is 0 Å². The van der Waals surface area contributed by atoms with Gasteiger partial charge in [-0.15, -0.1) is 5.10 Å². The minimum atomic E-state index is -0.136. The minimum absolute atomic E-state index is 0.136. The van der Waals surface area contributed by atoms with E-state index in [2.05, 4.69) is 20.0 Å². The largest absolute Gasteiger partial charge is 0.271 e. The molecule has 0 saturated carbocycles. The summed E-state index contributed by atoms with van der Waals surface area (Å²) in [4.78, 5) is 5.40. The van der Waals surface area contributed by atoms with E-state index in [1.165, 1.54) is 11.5 Å². The van der Waals surface area contributed by atoms with Crippen molar-refractivity contribution in [2.45, 2.75) is 6.04 Å². The molecule has 0 spiro atoms. The van der Waals surface area contributed by atoms with Crippen molar-refractivity contribution in [2.75, 3.05) is 0 Å².